The fourth-order valence-electron chi connectivity index (χ4n) is 1.66. The lowest BCUT2D eigenvalue weighted by Crippen LogP contribution is -2.32. The maximum atomic E-state index is 12.1. The summed E-state index contributed by atoms with van der Waals surface area (Å²) < 4.78 is 5.06. The minimum atomic E-state index is -1.05. The number of thioether (sulfide) groups is 1. The molecule has 2 N–H and O–H groups in total. The van der Waals surface area contributed by atoms with Crippen LogP contribution in [0.4, 0.5) is 0 Å². The summed E-state index contributed by atoms with van der Waals surface area (Å²) in [5, 5.41) is 11.5. The first-order valence-electron chi connectivity index (χ1n) is 6.86. The van der Waals surface area contributed by atoms with Crippen molar-refractivity contribution in [2.24, 2.45) is 0 Å². The predicted octanol–water partition coefficient (Wildman–Crippen LogP) is 2.41. The molecule has 21 heavy (non-hydrogen) atoms. The van der Waals surface area contributed by atoms with Crippen LogP contribution < -0.4 is 10.1 Å². The van der Waals surface area contributed by atoms with E-state index in [1.54, 1.807) is 24.3 Å². The number of hydrogen-bond acceptors (Lipinski definition) is 4. The third-order valence-electron chi connectivity index (χ3n) is 2.74. The summed E-state index contributed by atoms with van der Waals surface area (Å²) in [6, 6.07) is 6.62. The normalized spacial score (nSPS) is 11.7. The van der Waals surface area contributed by atoms with Crippen molar-refractivity contribution in [2.45, 2.75) is 26.3 Å². The van der Waals surface area contributed by atoms with Gasteiger partial charge in [0.25, 0.3) is 5.91 Å². The fraction of sp³-hybridized carbons (Fsp3) is 0.467. The number of nitrogens with one attached hydrogen (secondary N) is 1. The Morgan fingerprint density at radius 3 is 2.86 bits per heavy atom. The minimum absolute atomic E-state index is 0.0974. The van der Waals surface area contributed by atoms with E-state index in [0.717, 1.165) is 17.9 Å². The lowest BCUT2D eigenvalue weighted by Gasteiger charge is -2.14. The Balaban J connectivity index is 2.53. The highest BCUT2D eigenvalue weighted by molar-refractivity contribution is 7.99. The van der Waals surface area contributed by atoms with Gasteiger partial charge in [0.1, 0.15) is 5.75 Å². The van der Waals surface area contributed by atoms with Crippen LogP contribution in [-0.4, -0.2) is 41.1 Å². The summed E-state index contributed by atoms with van der Waals surface area (Å²) in [5.41, 5.74) is 0.466. The average molecular weight is 311 g/mol. The van der Waals surface area contributed by atoms with Gasteiger partial charge < -0.3 is 15.2 Å². The number of carboxylic acids is 1. The highest BCUT2D eigenvalue weighted by atomic mass is 32.2. The van der Waals surface area contributed by atoms with Gasteiger partial charge in [0.15, 0.2) is 6.61 Å². The van der Waals surface area contributed by atoms with Crippen molar-refractivity contribution in [3.05, 3.63) is 29.8 Å². The van der Waals surface area contributed by atoms with Gasteiger partial charge in [0.05, 0.1) is 0 Å². The number of rotatable bonds is 9. The van der Waals surface area contributed by atoms with Gasteiger partial charge in [0, 0.05) is 11.6 Å². The van der Waals surface area contributed by atoms with E-state index in [4.69, 9.17) is 9.84 Å². The van der Waals surface area contributed by atoms with E-state index in [9.17, 15) is 9.59 Å². The van der Waals surface area contributed by atoms with Gasteiger partial charge in [-0.25, -0.2) is 4.79 Å². The van der Waals surface area contributed by atoms with Crippen LogP contribution in [0.5, 0.6) is 5.75 Å². The highest BCUT2D eigenvalue weighted by Crippen LogP contribution is 2.13. The van der Waals surface area contributed by atoms with Gasteiger partial charge in [-0.05, 0) is 43.0 Å². The van der Waals surface area contributed by atoms with Crippen LogP contribution in [0.2, 0.25) is 0 Å². The number of carbonyl (C=O) groups is 2. The number of amides is 1. The molecule has 116 valence electrons. The Hall–Kier alpha value is -1.69. The number of carbonyl (C=O) groups excluding carboxylic acids is 1. The summed E-state index contributed by atoms with van der Waals surface area (Å²) in [6.45, 7) is 3.66. The van der Waals surface area contributed by atoms with Crippen LogP contribution in [0.1, 0.15) is 30.6 Å². The maximum Gasteiger partial charge on any atom is 0.341 e. The molecule has 1 unspecified atom stereocenters. The summed E-state index contributed by atoms with van der Waals surface area (Å²) in [5.74, 6) is 1.24. The zero-order valence-corrected chi connectivity index (χ0v) is 13.1. The van der Waals surface area contributed by atoms with Gasteiger partial charge in [-0.15, -0.1) is 0 Å². The SMILES string of the molecule is CCSCCC(C)NC(=O)c1cccc(OCC(=O)O)c1. The van der Waals surface area contributed by atoms with E-state index in [1.807, 2.05) is 18.7 Å². The van der Waals surface area contributed by atoms with E-state index in [1.165, 1.54) is 0 Å². The van der Waals surface area contributed by atoms with Crippen molar-refractivity contribution in [1.82, 2.24) is 5.32 Å². The molecule has 1 aromatic carbocycles. The van der Waals surface area contributed by atoms with Gasteiger partial charge in [-0.1, -0.05) is 13.0 Å². The van der Waals surface area contributed by atoms with Gasteiger partial charge in [-0.3, -0.25) is 4.79 Å². The van der Waals surface area contributed by atoms with Crippen LogP contribution in [0.25, 0.3) is 0 Å². The summed E-state index contributed by atoms with van der Waals surface area (Å²) in [7, 11) is 0. The van der Waals surface area contributed by atoms with Crippen LogP contribution in [-0.2, 0) is 4.79 Å². The molecule has 0 spiro atoms. The summed E-state index contributed by atoms with van der Waals surface area (Å²) >= 11 is 1.84. The molecule has 0 bridgehead atoms. The van der Waals surface area contributed by atoms with E-state index in [-0.39, 0.29) is 11.9 Å². The number of aliphatic carboxylic acids is 1. The van der Waals surface area contributed by atoms with Crippen molar-refractivity contribution in [3.63, 3.8) is 0 Å². The molecule has 5 nitrogen and oxygen atoms in total. The number of benzene rings is 1. The largest absolute Gasteiger partial charge is 0.482 e. The van der Waals surface area contributed by atoms with E-state index in [0.29, 0.717) is 11.3 Å². The van der Waals surface area contributed by atoms with Gasteiger partial charge in [-0.2, -0.15) is 11.8 Å². The number of carboxylic acid groups (broad SMARTS) is 1. The first kappa shape index (κ1) is 17.4. The molecule has 0 aromatic heterocycles. The molecular formula is C15H21NO4S. The van der Waals surface area contributed by atoms with Crippen LogP contribution in [0.15, 0.2) is 24.3 Å². The molecule has 0 saturated carbocycles. The van der Waals surface area contributed by atoms with Gasteiger partial charge >= 0.3 is 5.97 Å². The number of hydrogen-bond donors (Lipinski definition) is 2. The van der Waals surface area contributed by atoms with E-state index < -0.39 is 12.6 Å². The van der Waals surface area contributed by atoms with E-state index in [2.05, 4.69) is 12.2 Å². The second-order valence-electron chi connectivity index (χ2n) is 4.57. The molecule has 0 aliphatic heterocycles. The van der Waals surface area contributed by atoms with E-state index >= 15 is 0 Å². The molecule has 0 aliphatic rings. The minimum Gasteiger partial charge on any atom is -0.482 e. The van der Waals surface area contributed by atoms with Crippen molar-refractivity contribution < 1.29 is 19.4 Å². The lowest BCUT2D eigenvalue weighted by atomic mass is 10.1. The molecule has 1 aromatic rings. The lowest BCUT2D eigenvalue weighted by molar-refractivity contribution is -0.139. The standard InChI is InChI=1S/C15H21NO4S/c1-3-21-8-7-11(2)16-15(19)12-5-4-6-13(9-12)20-10-14(17)18/h4-6,9,11H,3,7-8,10H2,1-2H3,(H,16,19)(H,17,18). The number of ether oxygens (including phenoxy) is 1. The first-order valence-corrected chi connectivity index (χ1v) is 8.01. The molecular weight excluding hydrogens is 290 g/mol. The molecule has 1 amide bonds. The zero-order valence-electron chi connectivity index (χ0n) is 12.3. The quantitative estimate of drug-likeness (QED) is 0.685. The molecule has 1 atom stereocenters. The Morgan fingerprint density at radius 1 is 1.43 bits per heavy atom. The van der Waals surface area contributed by atoms with Crippen LogP contribution in [0.3, 0.4) is 0 Å². The molecule has 0 heterocycles. The second kappa shape index (κ2) is 9.28. The molecule has 0 aliphatic carbocycles. The third kappa shape index (κ3) is 7.04. The van der Waals surface area contributed by atoms with Crippen molar-refractivity contribution in [1.29, 1.82) is 0 Å². The molecule has 6 heteroatoms. The van der Waals surface area contributed by atoms with Crippen LogP contribution >= 0.6 is 11.8 Å². The van der Waals surface area contributed by atoms with Crippen LogP contribution in [0, 0.1) is 0 Å². The zero-order chi connectivity index (χ0) is 15.7. The fourth-order valence-corrected chi connectivity index (χ4v) is 2.46. The molecule has 0 saturated heterocycles. The maximum absolute atomic E-state index is 12.1. The Morgan fingerprint density at radius 2 is 2.19 bits per heavy atom. The highest BCUT2D eigenvalue weighted by Gasteiger charge is 2.10. The first-order chi connectivity index (χ1) is 10.0. The summed E-state index contributed by atoms with van der Waals surface area (Å²) in [4.78, 5) is 22.5. The molecule has 0 fully saturated rings. The average Bonchev–Trinajstić information content (AvgIpc) is 2.45. The third-order valence-corrected chi connectivity index (χ3v) is 3.67. The van der Waals surface area contributed by atoms with Gasteiger partial charge in [0.2, 0.25) is 0 Å². The van der Waals surface area contributed by atoms with Crippen molar-refractivity contribution in [2.75, 3.05) is 18.1 Å². The van der Waals surface area contributed by atoms with Crippen molar-refractivity contribution >= 4 is 23.6 Å². The molecule has 0 radical (unpaired) electrons. The summed E-state index contributed by atoms with van der Waals surface area (Å²) in [6.07, 6.45) is 0.916. The monoisotopic (exact) mass is 311 g/mol. The Bertz CT molecular complexity index is 478. The Labute approximate surface area is 129 Å². The smallest absolute Gasteiger partial charge is 0.341 e. The topological polar surface area (TPSA) is 75.6 Å². The molecule has 1 rings (SSSR count). The van der Waals surface area contributed by atoms with Crippen molar-refractivity contribution in [3.8, 4) is 5.75 Å². The Kier molecular flexibility index (Phi) is 7.68. The second-order valence-corrected chi connectivity index (χ2v) is 5.96. The predicted molar refractivity (Wildman–Crippen MR) is 84.1 cm³/mol.